The molecule has 80 valence electrons. The number of ether oxygens (including phenoxy) is 1. The van der Waals surface area contributed by atoms with Gasteiger partial charge in [-0.1, -0.05) is 38.2 Å². The minimum absolute atomic E-state index is 0.215. The number of hydrogen-bond acceptors (Lipinski definition) is 2. The van der Waals surface area contributed by atoms with Crippen LogP contribution in [-0.2, 0) is 9.53 Å². The SMILES string of the molecule is C=C(C)/C=C/[C@H](C)[C@H](C)COC(C)=O. The lowest BCUT2D eigenvalue weighted by molar-refractivity contribution is -0.142. The quantitative estimate of drug-likeness (QED) is 0.499. The van der Waals surface area contributed by atoms with Gasteiger partial charge < -0.3 is 4.74 Å². The number of allylic oxidation sites excluding steroid dienone is 3. The molecule has 0 spiro atoms. The summed E-state index contributed by atoms with van der Waals surface area (Å²) in [6.07, 6.45) is 4.09. The molecule has 0 bridgehead atoms. The summed E-state index contributed by atoms with van der Waals surface area (Å²) < 4.78 is 4.94. The van der Waals surface area contributed by atoms with E-state index in [1.54, 1.807) is 0 Å². The Balaban J connectivity index is 3.92. The molecule has 0 aromatic heterocycles. The van der Waals surface area contributed by atoms with Crippen LogP contribution in [0.3, 0.4) is 0 Å². The van der Waals surface area contributed by atoms with Gasteiger partial charge in [0, 0.05) is 6.92 Å². The average molecular weight is 196 g/mol. The van der Waals surface area contributed by atoms with E-state index in [9.17, 15) is 4.79 Å². The Morgan fingerprint density at radius 1 is 1.43 bits per heavy atom. The first kappa shape index (κ1) is 12.9. The van der Waals surface area contributed by atoms with Gasteiger partial charge in [0.2, 0.25) is 0 Å². The molecule has 0 radical (unpaired) electrons. The molecule has 0 saturated heterocycles. The molecular formula is C12H20O2. The lowest BCUT2D eigenvalue weighted by Gasteiger charge is -2.15. The van der Waals surface area contributed by atoms with Crippen molar-refractivity contribution in [3.05, 3.63) is 24.3 Å². The molecule has 0 aliphatic heterocycles. The standard InChI is InChI=1S/C12H20O2/c1-9(2)6-7-10(3)11(4)8-14-12(5)13/h6-7,10-11H,1,8H2,2-5H3/b7-6+/t10-,11+/m0/s1. The van der Waals surface area contributed by atoms with Crippen molar-refractivity contribution in [3.63, 3.8) is 0 Å². The predicted octanol–water partition coefficient (Wildman–Crippen LogP) is 2.95. The van der Waals surface area contributed by atoms with Crippen LogP contribution >= 0.6 is 0 Å². The molecule has 0 N–H and O–H groups in total. The van der Waals surface area contributed by atoms with Crippen LogP contribution in [0.15, 0.2) is 24.3 Å². The van der Waals surface area contributed by atoms with Crippen molar-refractivity contribution in [2.75, 3.05) is 6.61 Å². The van der Waals surface area contributed by atoms with Crippen molar-refractivity contribution < 1.29 is 9.53 Å². The topological polar surface area (TPSA) is 26.3 Å². The van der Waals surface area contributed by atoms with Crippen LogP contribution in [0.4, 0.5) is 0 Å². The van der Waals surface area contributed by atoms with Crippen molar-refractivity contribution in [3.8, 4) is 0 Å². The van der Waals surface area contributed by atoms with Crippen LogP contribution in [0, 0.1) is 11.8 Å². The Morgan fingerprint density at radius 2 is 2.00 bits per heavy atom. The third-order valence-corrected chi connectivity index (χ3v) is 2.13. The fourth-order valence-electron chi connectivity index (χ4n) is 0.906. The van der Waals surface area contributed by atoms with Gasteiger partial charge in [0.1, 0.15) is 0 Å². The molecule has 2 nitrogen and oxygen atoms in total. The highest BCUT2D eigenvalue weighted by molar-refractivity contribution is 5.65. The number of hydrogen-bond donors (Lipinski definition) is 0. The summed E-state index contributed by atoms with van der Waals surface area (Å²) in [5.41, 5.74) is 1.04. The zero-order valence-electron chi connectivity index (χ0n) is 9.54. The van der Waals surface area contributed by atoms with Crippen molar-refractivity contribution in [1.29, 1.82) is 0 Å². The molecule has 14 heavy (non-hydrogen) atoms. The largest absolute Gasteiger partial charge is 0.466 e. The van der Waals surface area contributed by atoms with E-state index < -0.39 is 0 Å². The summed E-state index contributed by atoms with van der Waals surface area (Å²) in [4.78, 5) is 10.6. The van der Waals surface area contributed by atoms with Gasteiger partial charge in [0.25, 0.3) is 0 Å². The number of carbonyl (C=O) groups excluding carboxylic acids is 1. The van der Waals surface area contributed by atoms with Gasteiger partial charge in [0.15, 0.2) is 0 Å². The maximum absolute atomic E-state index is 10.6. The highest BCUT2D eigenvalue weighted by Gasteiger charge is 2.10. The van der Waals surface area contributed by atoms with E-state index in [1.165, 1.54) is 6.92 Å². The Bertz CT molecular complexity index is 228. The highest BCUT2D eigenvalue weighted by atomic mass is 16.5. The van der Waals surface area contributed by atoms with Gasteiger partial charge in [-0.25, -0.2) is 0 Å². The fraction of sp³-hybridized carbons (Fsp3) is 0.583. The molecule has 0 heterocycles. The second kappa shape index (κ2) is 6.41. The molecule has 0 rings (SSSR count). The summed E-state index contributed by atoms with van der Waals surface area (Å²) in [5.74, 6) is 0.522. The lowest BCUT2D eigenvalue weighted by atomic mass is 9.96. The smallest absolute Gasteiger partial charge is 0.302 e. The van der Waals surface area contributed by atoms with Gasteiger partial charge in [-0.2, -0.15) is 0 Å². The minimum Gasteiger partial charge on any atom is -0.466 e. The van der Waals surface area contributed by atoms with Crippen molar-refractivity contribution >= 4 is 5.97 Å². The molecule has 2 atom stereocenters. The summed E-state index contributed by atoms with van der Waals surface area (Å²) in [5, 5.41) is 0. The van der Waals surface area contributed by atoms with E-state index in [0.29, 0.717) is 18.4 Å². The highest BCUT2D eigenvalue weighted by Crippen LogP contribution is 2.13. The third kappa shape index (κ3) is 6.46. The predicted molar refractivity (Wildman–Crippen MR) is 58.9 cm³/mol. The maximum Gasteiger partial charge on any atom is 0.302 e. The normalized spacial score (nSPS) is 15.1. The van der Waals surface area contributed by atoms with E-state index in [-0.39, 0.29) is 5.97 Å². The maximum atomic E-state index is 10.6. The summed E-state index contributed by atoms with van der Waals surface area (Å²) >= 11 is 0. The Morgan fingerprint density at radius 3 is 2.43 bits per heavy atom. The van der Waals surface area contributed by atoms with Gasteiger partial charge in [-0.3, -0.25) is 4.79 Å². The minimum atomic E-state index is -0.215. The zero-order valence-corrected chi connectivity index (χ0v) is 9.54. The van der Waals surface area contributed by atoms with Crippen LogP contribution in [0.25, 0.3) is 0 Å². The number of carbonyl (C=O) groups is 1. The first-order valence-electron chi connectivity index (χ1n) is 4.90. The average Bonchev–Trinajstić information content (AvgIpc) is 2.09. The summed E-state index contributed by atoms with van der Waals surface area (Å²) in [6, 6.07) is 0. The van der Waals surface area contributed by atoms with Crippen LogP contribution in [0.5, 0.6) is 0 Å². The van der Waals surface area contributed by atoms with Crippen molar-refractivity contribution in [2.45, 2.75) is 27.7 Å². The molecule has 0 unspecified atom stereocenters. The monoisotopic (exact) mass is 196 g/mol. The number of rotatable bonds is 5. The Hall–Kier alpha value is -1.05. The molecule has 0 aliphatic rings. The van der Waals surface area contributed by atoms with Crippen molar-refractivity contribution in [2.24, 2.45) is 11.8 Å². The second-order valence-electron chi connectivity index (χ2n) is 3.84. The van der Waals surface area contributed by atoms with Crippen LogP contribution in [-0.4, -0.2) is 12.6 Å². The van der Waals surface area contributed by atoms with Crippen molar-refractivity contribution in [1.82, 2.24) is 0 Å². The Kier molecular flexibility index (Phi) is 5.93. The molecule has 0 aromatic carbocycles. The summed E-state index contributed by atoms with van der Waals surface area (Å²) in [6.45, 7) is 11.8. The van der Waals surface area contributed by atoms with E-state index in [4.69, 9.17) is 4.74 Å². The van der Waals surface area contributed by atoms with Gasteiger partial charge in [-0.15, -0.1) is 0 Å². The van der Waals surface area contributed by atoms with Crippen LogP contribution < -0.4 is 0 Å². The summed E-state index contributed by atoms with van der Waals surface area (Å²) in [7, 11) is 0. The zero-order chi connectivity index (χ0) is 11.1. The van der Waals surface area contributed by atoms with Gasteiger partial charge in [0.05, 0.1) is 6.61 Å². The fourth-order valence-corrected chi connectivity index (χ4v) is 0.906. The van der Waals surface area contributed by atoms with Crippen LogP contribution in [0.1, 0.15) is 27.7 Å². The molecule has 0 saturated carbocycles. The first-order valence-corrected chi connectivity index (χ1v) is 4.90. The Labute approximate surface area is 86.6 Å². The molecule has 0 fully saturated rings. The van der Waals surface area contributed by atoms with Crippen LogP contribution in [0.2, 0.25) is 0 Å². The van der Waals surface area contributed by atoms with Gasteiger partial charge in [-0.05, 0) is 18.8 Å². The van der Waals surface area contributed by atoms with Gasteiger partial charge >= 0.3 is 5.97 Å². The van der Waals surface area contributed by atoms with E-state index in [2.05, 4.69) is 26.5 Å². The third-order valence-electron chi connectivity index (χ3n) is 2.13. The van der Waals surface area contributed by atoms with E-state index in [0.717, 1.165) is 5.57 Å². The molecule has 0 aromatic rings. The molecule has 0 amide bonds. The van der Waals surface area contributed by atoms with E-state index in [1.807, 2.05) is 13.0 Å². The second-order valence-corrected chi connectivity index (χ2v) is 3.84. The van der Waals surface area contributed by atoms with E-state index >= 15 is 0 Å². The molecule has 2 heteroatoms. The molecular weight excluding hydrogens is 176 g/mol. The molecule has 0 aliphatic carbocycles. The lowest BCUT2D eigenvalue weighted by Crippen LogP contribution is -2.15. The number of esters is 1. The first-order chi connectivity index (χ1) is 6.43.